The fourth-order valence-electron chi connectivity index (χ4n) is 1.91. The van der Waals surface area contributed by atoms with E-state index in [0.717, 1.165) is 17.7 Å². The predicted molar refractivity (Wildman–Crippen MR) is 77.1 cm³/mol. The Labute approximate surface area is 114 Å². The first-order chi connectivity index (χ1) is 8.66. The van der Waals surface area contributed by atoms with Gasteiger partial charge in [0.15, 0.2) is 0 Å². The molecule has 0 spiro atoms. The van der Waals surface area contributed by atoms with Gasteiger partial charge in [-0.15, -0.1) is 11.6 Å². The molecule has 18 heavy (non-hydrogen) atoms. The minimum atomic E-state index is -0.0129. The molecule has 0 bridgehead atoms. The molecule has 0 aliphatic heterocycles. The minimum absolute atomic E-state index is 0.0129. The minimum Gasteiger partial charge on any atom is -0.261 e. The van der Waals surface area contributed by atoms with Crippen LogP contribution in [0.3, 0.4) is 0 Å². The van der Waals surface area contributed by atoms with Gasteiger partial charge in [0, 0.05) is 18.3 Å². The van der Waals surface area contributed by atoms with Crippen molar-refractivity contribution in [2.45, 2.75) is 31.6 Å². The van der Waals surface area contributed by atoms with Crippen molar-refractivity contribution in [1.82, 2.24) is 4.98 Å². The third kappa shape index (κ3) is 3.33. The fourth-order valence-corrected chi connectivity index (χ4v) is 2.21. The number of hydrogen-bond donors (Lipinski definition) is 0. The number of aromatic nitrogens is 1. The quantitative estimate of drug-likeness (QED) is 0.724. The van der Waals surface area contributed by atoms with E-state index in [9.17, 15) is 0 Å². The third-order valence-electron chi connectivity index (χ3n) is 3.08. The molecule has 0 saturated heterocycles. The summed E-state index contributed by atoms with van der Waals surface area (Å²) in [5.74, 6) is 0.559. The maximum absolute atomic E-state index is 6.43. The molecular weight excluding hydrogens is 242 g/mol. The molecule has 2 rings (SSSR count). The van der Waals surface area contributed by atoms with Gasteiger partial charge in [-0.3, -0.25) is 4.98 Å². The Hall–Kier alpha value is -1.34. The zero-order valence-electron chi connectivity index (χ0n) is 10.8. The number of benzene rings is 1. The number of halogens is 1. The molecule has 0 fully saturated rings. The molecule has 0 radical (unpaired) electrons. The van der Waals surface area contributed by atoms with Crippen molar-refractivity contribution in [1.29, 1.82) is 0 Å². The van der Waals surface area contributed by atoms with Gasteiger partial charge in [0.2, 0.25) is 0 Å². The second-order valence-electron chi connectivity index (χ2n) is 4.81. The molecule has 1 nitrogen and oxygen atoms in total. The lowest BCUT2D eigenvalue weighted by Crippen LogP contribution is -1.98. The van der Waals surface area contributed by atoms with Crippen molar-refractivity contribution in [2.75, 3.05) is 0 Å². The van der Waals surface area contributed by atoms with E-state index in [2.05, 4.69) is 43.1 Å². The van der Waals surface area contributed by atoms with Crippen LogP contribution in [0.5, 0.6) is 0 Å². The summed E-state index contributed by atoms with van der Waals surface area (Å²) in [7, 11) is 0. The molecule has 1 heterocycles. The number of hydrogen-bond acceptors (Lipinski definition) is 1. The van der Waals surface area contributed by atoms with Crippen LogP contribution in [0.15, 0.2) is 48.7 Å². The normalized spacial score (nSPS) is 12.7. The maximum atomic E-state index is 6.43. The Balaban J connectivity index is 2.07. The van der Waals surface area contributed by atoms with Gasteiger partial charge in [0.25, 0.3) is 0 Å². The van der Waals surface area contributed by atoms with E-state index in [1.165, 1.54) is 5.56 Å². The van der Waals surface area contributed by atoms with Gasteiger partial charge < -0.3 is 0 Å². The molecule has 0 aliphatic carbocycles. The largest absolute Gasteiger partial charge is 0.261 e. The van der Waals surface area contributed by atoms with E-state index in [0.29, 0.717) is 5.92 Å². The molecule has 2 aromatic rings. The first-order valence-corrected chi connectivity index (χ1v) is 6.74. The number of nitrogens with zero attached hydrogens (tertiary/aromatic N) is 1. The standard InChI is InChI=1S/C16H18ClN/c1-12(2)13-6-8-14(9-7-13)16(17)11-15-5-3-4-10-18-15/h3-10,12,16H,11H2,1-2H3. The summed E-state index contributed by atoms with van der Waals surface area (Å²) in [6.45, 7) is 4.39. The first kappa shape index (κ1) is 13.1. The van der Waals surface area contributed by atoms with E-state index < -0.39 is 0 Å². The highest BCUT2D eigenvalue weighted by Crippen LogP contribution is 2.25. The maximum Gasteiger partial charge on any atom is 0.0640 e. The lowest BCUT2D eigenvalue weighted by Gasteiger charge is -2.11. The Morgan fingerprint density at radius 3 is 2.22 bits per heavy atom. The van der Waals surface area contributed by atoms with Crippen LogP contribution in [0.4, 0.5) is 0 Å². The second kappa shape index (κ2) is 6.01. The molecule has 0 saturated carbocycles. The summed E-state index contributed by atoms with van der Waals surface area (Å²) < 4.78 is 0. The van der Waals surface area contributed by atoms with E-state index >= 15 is 0 Å². The van der Waals surface area contributed by atoms with Crippen LogP contribution in [0.1, 0.15) is 42.0 Å². The molecule has 94 valence electrons. The molecule has 1 aromatic carbocycles. The van der Waals surface area contributed by atoms with E-state index in [-0.39, 0.29) is 5.38 Å². The zero-order valence-corrected chi connectivity index (χ0v) is 11.6. The van der Waals surface area contributed by atoms with E-state index in [1.807, 2.05) is 18.2 Å². The summed E-state index contributed by atoms with van der Waals surface area (Å²) in [6, 6.07) is 14.5. The van der Waals surface area contributed by atoms with Crippen molar-refractivity contribution in [3.8, 4) is 0 Å². The van der Waals surface area contributed by atoms with Crippen molar-refractivity contribution >= 4 is 11.6 Å². The lowest BCUT2D eigenvalue weighted by atomic mass is 9.99. The van der Waals surface area contributed by atoms with E-state index in [4.69, 9.17) is 11.6 Å². The van der Waals surface area contributed by atoms with Crippen molar-refractivity contribution in [3.63, 3.8) is 0 Å². The van der Waals surface area contributed by atoms with Crippen LogP contribution in [-0.4, -0.2) is 4.98 Å². The zero-order chi connectivity index (χ0) is 13.0. The third-order valence-corrected chi connectivity index (χ3v) is 3.49. The Kier molecular flexibility index (Phi) is 4.38. The monoisotopic (exact) mass is 259 g/mol. The smallest absolute Gasteiger partial charge is 0.0640 e. The van der Waals surface area contributed by atoms with Gasteiger partial charge in [-0.1, -0.05) is 44.2 Å². The van der Waals surface area contributed by atoms with Crippen LogP contribution >= 0.6 is 11.6 Å². The molecule has 1 aromatic heterocycles. The SMILES string of the molecule is CC(C)c1ccc(C(Cl)Cc2ccccn2)cc1. The average molecular weight is 260 g/mol. The average Bonchev–Trinajstić information content (AvgIpc) is 2.40. The summed E-state index contributed by atoms with van der Waals surface area (Å²) >= 11 is 6.43. The van der Waals surface area contributed by atoms with Crippen molar-refractivity contribution < 1.29 is 0 Å². The highest BCUT2D eigenvalue weighted by molar-refractivity contribution is 6.20. The van der Waals surface area contributed by atoms with Crippen molar-refractivity contribution in [3.05, 3.63) is 65.5 Å². The topological polar surface area (TPSA) is 12.9 Å². The Morgan fingerprint density at radius 2 is 1.67 bits per heavy atom. The van der Waals surface area contributed by atoms with Crippen LogP contribution in [0.2, 0.25) is 0 Å². The molecule has 2 heteroatoms. The van der Waals surface area contributed by atoms with Crippen LogP contribution < -0.4 is 0 Å². The second-order valence-corrected chi connectivity index (χ2v) is 5.34. The molecule has 0 amide bonds. The molecular formula is C16H18ClN. The first-order valence-electron chi connectivity index (χ1n) is 6.30. The molecule has 0 aliphatic rings. The summed E-state index contributed by atoms with van der Waals surface area (Å²) in [5.41, 5.74) is 3.54. The van der Waals surface area contributed by atoms with Gasteiger partial charge in [0.1, 0.15) is 0 Å². The summed E-state index contributed by atoms with van der Waals surface area (Å²) in [6.07, 6.45) is 2.57. The Morgan fingerprint density at radius 1 is 1.00 bits per heavy atom. The van der Waals surface area contributed by atoms with E-state index in [1.54, 1.807) is 6.20 Å². The van der Waals surface area contributed by atoms with Crippen LogP contribution in [0, 0.1) is 0 Å². The van der Waals surface area contributed by atoms with Gasteiger partial charge >= 0.3 is 0 Å². The van der Waals surface area contributed by atoms with Gasteiger partial charge in [0.05, 0.1) is 5.38 Å². The molecule has 0 N–H and O–H groups in total. The number of pyridine rings is 1. The fraction of sp³-hybridized carbons (Fsp3) is 0.312. The van der Waals surface area contributed by atoms with Gasteiger partial charge in [-0.2, -0.15) is 0 Å². The molecule has 1 atom stereocenters. The summed E-state index contributed by atoms with van der Waals surface area (Å²) in [5, 5.41) is -0.0129. The summed E-state index contributed by atoms with van der Waals surface area (Å²) in [4.78, 5) is 4.31. The lowest BCUT2D eigenvalue weighted by molar-refractivity contribution is 0.854. The highest BCUT2D eigenvalue weighted by Gasteiger charge is 2.10. The number of rotatable bonds is 4. The highest BCUT2D eigenvalue weighted by atomic mass is 35.5. The van der Waals surface area contributed by atoms with Gasteiger partial charge in [-0.05, 0) is 29.2 Å². The predicted octanol–water partition coefficient (Wildman–Crippen LogP) is 4.73. The van der Waals surface area contributed by atoms with Crippen LogP contribution in [0.25, 0.3) is 0 Å². The Bertz CT molecular complexity index is 476. The number of alkyl halides is 1. The molecule has 1 unspecified atom stereocenters. The van der Waals surface area contributed by atoms with Gasteiger partial charge in [-0.25, -0.2) is 0 Å². The van der Waals surface area contributed by atoms with Crippen LogP contribution in [-0.2, 0) is 6.42 Å². The van der Waals surface area contributed by atoms with Crippen molar-refractivity contribution in [2.24, 2.45) is 0 Å².